The van der Waals surface area contributed by atoms with Gasteiger partial charge in [0.05, 0.1) is 41.3 Å². The van der Waals surface area contributed by atoms with E-state index in [1.54, 1.807) is 0 Å². The second kappa shape index (κ2) is 7.22. The summed E-state index contributed by atoms with van der Waals surface area (Å²) < 4.78 is 1.92. The van der Waals surface area contributed by atoms with E-state index in [2.05, 4.69) is 28.2 Å². The normalized spacial score (nSPS) is 13.1. The molecule has 98 valence electrons. The fourth-order valence-electron chi connectivity index (χ4n) is 1.76. The Balaban J connectivity index is 3.91. The molecule has 0 saturated heterocycles. The van der Waals surface area contributed by atoms with Gasteiger partial charge in [0, 0.05) is 26.1 Å². The number of nitrogens with zero attached hydrogens (tertiary/aromatic N) is 2. The largest absolute Gasteiger partial charge is 0.396 e. The number of rotatable bonds is 9. The van der Waals surface area contributed by atoms with Gasteiger partial charge >= 0.3 is 0 Å². The molecule has 0 rings (SSSR count). The summed E-state index contributed by atoms with van der Waals surface area (Å²) in [6.07, 6.45) is 1.74. The van der Waals surface area contributed by atoms with Gasteiger partial charge in [-0.1, -0.05) is 0 Å². The van der Waals surface area contributed by atoms with Crippen LogP contribution in [-0.2, 0) is 0 Å². The lowest BCUT2D eigenvalue weighted by atomic mass is 10.3. The summed E-state index contributed by atoms with van der Waals surface area (Å²) in [5.41, 5.74) is 0. The van der Waals surface area contributed by atoms with E-state index < -0.39 is 0 Å². The van der Waals surface area contributed by atoms with E-state index in [1.165, 1.54) is 0 Å². The molecule has 0 aliphatic heterocycles. The summed E-state index contributed by atoms with van der Waals surface area (Å²) in [7, 11) is 8.84. The lowest BCUT2D eigenvalue weighted by Gasteiger charge is -2.35. The third kappa shape index (κ3) is 8.05. The molecule has 0 radical (unpaired) electrons. The third-order valence-electron chi connectivity index (χ3n) is 3.15. The summed E-state index contributed by atoms with van der Waals surface area (Å²) in [5.74, 6) is 0. The van der Waals surface area contributed by atoms with Crippen molar-refractivity contribution >= 4 is 0 Å². The molecule has 0 spiro atoms. The van der Waals surface area contributed by atoms with Crippen molar-refractivity contribution in [2.24, 2.45) is 0 Å². The average molecular weight is 234 g/mol. The van der Waals surface area contributed by atoms with Crippen molar-refractivity contribution in [3.05, 3.63) is 0 Å². The van der Waals surface area contributed by atoms with Crippen LogP contribution in [0, 0.1) is 0 Å². The first-order chi connectivity index (χ1) is 7.33. The number of hydrogen-bond acceptors (Lipinski definition) is 2. The summed E-state index contributed by atoms with van der Waals surface area (Å²) in [5, 5.41) is 17.7. The highest BCUT2D eigenvalue weighted by atomic mass is 16.3. The highest BCUT2D eigenvalue weighted by Gasteiger charge is 2.21. The third-order valence-corrected chi connectivity index (χ3v) is 3.15. The second-order valence-electron chi connectivity index (χ2n) is 5.92. The van der Waals surface area contributed by atoms with E-state index in [9.17, 15) is 0 Å². The standard InChI is InChI=1S/C12H30N2O2/c1-13(2,7-5-11-15)9-10-14(3,4)8-6-12-16/h15-16H,5-12H2,1-4H3/q+2. The summed E-state index contributed by atoms with van der Waals surface area (Å²) in [4.78, 5) is 0. The van der Waals surface area contributed by atoms with Gasteiger partial charge in [0.1, 0.15) is 13.1 Å². The molecule has 0 aromatic rings. The molecular formula is C12H30N2O2+2. The van der Waals surface area contributed by atoms with E-state index in [4.69, 9.17) is 10.2 Å². The number of aliphatic hydroxyl groups excluding tert-OH is 2. The van der Waals surface area contributed by atoms with Crippen LogP contribution in [0.1, 0.15) is 12.8 Å². The smallest absolute Gasteiger partial charge is 0.128 e. The van der Waals surface area contributed by atoms with Crippen LogP contribution >= 0.6 is 0 Å². The monoisotopic (exact) mass is 234 g/mol. The molecule has 0 aromatic heterocycles. The second-order valence-corrected chi connectivity index (χ2v) is 5.92. The van der Waals surface area contributed by atoms with Gasteiger partial charge in [0.2, 0.25) is 0 Å². The van der Waals surface area contributed by atoms with Gasteiger partial charge < -0.3 is 19.2 Å². The highest BCUT2D eigenvalue weighted by Crippen LogP contribution is 2.04. The number of likely N-dealkylation sites (N-methyl/N-ethyl adjacent to an activating group) is 2. The minimum Gasteiger partial charge on any atom is -0.396 e. The van der Waals surface area contributed by atoms with Gasteiger partial charge in [0.25, 0.3) is 0 Å². The molecule has 0 fully saturated rings. The minimum atomic E-state index is 0.282. The molecule has 4 nitrogen and oxygen atoms in total. The van der Waals surface area contributed by atoms with Crippen molar-refractivity contribution in [3.8, 4) is 0 Å². The predicted molar refractivity (Wildman–Crippen MR) is 67.1 cm³/mol. The molecule has 0 heterocycles. The molecular weight excluding hydrogens is 204 g/mol. The summed E-state index contributed by atoms with van der Waals surface area (Å²) in [6.45, 7) is 4.83. The number of quaternary nitrogens is 2. The van der Waals surface area contributed by atoms with Crippen LogP contribution in [0.3, 0.4) is 0 Å². The average Bonchev–Trinajstić information content (AvgIpc) is 2.22. The highest BCUT2D eigenvalue weighted by molar-refractivity contribution is 4.40. The number of aliphatic hydroxyl groups is 2. The summed E-state index contributed by atoms with van der Waals surface area (Å²) >= 11 is 0. The molecule has 0 aromatic carbocycles. The molecule has 0 amide bonds. The molecule has 4 heteroatoms. The molecule has 0 unspecified atom stereocenters. The Bertz CT molecular complexity index is 162. The van der Waals surface area contributed by atoms with E-state index in [1.807, 2.05) is 0 Å². The SMILES string of the molecule is C[N+](C)(CCCO)CC[N+](C)(C)CCCO. The lowest BCUT2D eigenvalue weighted by molar-refractivity contribution is -0.946. The van der Waals surface area contributed by atoms with Crippen LogP contribution < -0.4 is 0 Å². The molecule has 0 atom stereocenters. The molecule has 2 N–H and O–H groups in total. The topological polar surface area (TPSA) is 40.5 Å². The maximum atomic E-state index is 8.83. The van der Waals surface area contributed by atoms with E-state index in [-0.39, 0.29) is 13.2 Å². The zero-order valence-electron chi connectivity index (χ0n) is 11.4. The van der Waals surface area contributed by atoms with Crippen LogP contribution in [0.2, 0.25) is 0 Å². The Kier molecular flexibility index (Phi) is 7.15. The lowest BCUT2D eigenvalue weighted by Crippen LogP contribution is -2.51. The Morgan fingerprint density at radius 2 is 0.938 bits per heavy atom. The Hall–Kier alpha value is -0.160. The predicted octanol–water partition coefficient (Wildman–Crippen LogP) is -0.0960. The van der Waals surface area contributed by atoms with Crippen molar-refractivity contribution < 1.29 is 19.2 Å². The van der Waals surface area contributed by atoms with Gasteiger partial charge in [-0.2, -0.15) is 0 Å². The van der Waals surface area contributed by atoms with E-state index >= 15 is 0 Å². The number of hydrogen-bond donors (Lipinski definition) is 2. The Morgan fingerprint density at radius 3 is 1.19 bits per heavy atom. The fourth-order valence-corrected chi connectivity index (χ4v) is 1.76. The molecule has 0 saturated carbocycles. The minimum absolute atomic E-state index is 0.282. The molecule has 0 bridgehead atoms. The quantitative estimate of drug-likeness (QED) is 0.547. The van der Waals surface area contributed by atoms with Crippen molar-refractivity contribution in [2.45, 2.75) is 12.8 Å². The zero-order chi connectivity index (χ0) is 12.7. The maximum Gasteiger partial charge on any atom is 0.128 e. The van der Waals surface area contributed by atoms with Gasteiger partial charge in [-0.3, -0.25) is 0 Å². The Labute approximate surface area is 100 Å². The molecule has 0 aliphatic rings. The zero-order valence-corrected chi connectivity index (χ0v) is 11.4. The van der Waals surface area contributed by atoms with Crippen molar-refractivity contribution in [1.29, 1.82) is 0 Å². The van der Waals surface area contributed by atoms with Crippen LogP contribution in [0.15, 0.2) is 0 Å². The first kappa shape index (κ1) is 15.8. The van der Waals surface area contributed by atoms with Gasteiger partial charge in [0.15, 0.2) is 0 Å². The van der Waals surface area contributed by atoms with Crippen LogP contribution in [0.5, 0.6) is 0 Å². The van der Waals surface area contributed by atoms with Crippen LogP contribution in [0.4, 0.5) is 0 Å². The van der Waals surface area contributed by atoms with E-state index in [0.29, 0.717) is 0 Å². The summed E-state index contributed by atoms with van der Waals surface area (Å²) in [6, 6.07) is 0. The van der Waals surface area contributed by atoms with Crippen molar-refractivity contribution in [3.63, 3.8) is 0 Å². The first-order valence-electron chi connectivity index (χ1n) is 6.19. The molecule has 16 heavy (non-hydrogen) atoms. The van der Waals surface area contributed by atoms with Crippen LogP contribution in [0.25, 0.3) is 0 Å². The van der Waals surface area contributed by atoms with E-state index in [0.717, 1.165) is 48.0 Å². The van der Waals surface area contributed by atoms with Crippen molar-refractivity contribution in [2.75, 3.05) is 67.6 Å². The Morgan fingerprint density at radius 1 is 0.625 bits per heavy atom. The first-order valence-corrected chi connectivity index (χ1v) is 6.19. The van der Waals surface area contributed by atoms with Gasteiger partial charge in [-0.25, -0.2) is 0 Å². The van der Waals surface area contributed by atoms with Crippen molar-refractivity contribution in [1.82, 2.24) is 0 Å². The molecule has 0 aliphatic carbocycles. The van der Waals surface area contributed by atoms with Crippen LogP contribution in [-0.4, -0.2) is 86.8 Å². The fraction of sp³-hybridized carbons (Fsp3) is 1.00. The maximum absolute atomic E-state index is 8.83. The van der Waals surface area contributed by atoms with Gasteiger partial charge in [-0.05, 0) is 0 Å². The van der Waals surface area contributed by atoms with Gasteiger partial charge in [-0.15, -0.1) is 0 Å².